The average Bonchev–Trinajstić information content (AvgIpc) is 2.96. The molecule has 3 rings (SSSR count). The molecule has 2 aromatic carbocycles. The predicted octanol–water partition coefficient (Wildman–Crippen LogP) is 2.33. The molecule has 7 nitrogen and oxygen atoms in total. The lowest BCUT2D eigenvalue weighted by molar-refractivity contribution is -0.117. The van der Waals surface area contributed by atoms with Crippen molar-refractivity contribution in [1.82, 2.24) is 5.43 Å². The molecule has 0 radical (unpaired) electrons. The average molecular weight is 366 g/mol. The minimum absolute atomic E-state index is 0.0118. The first-order valence-corrected chi connectivity index (χ1v) is 8.32. The van der Waals surface area contributed by atoms with Crippen molar-refractivity contribution < 1.29 is 23.9 Å². The molecule has 7 heteroatoms. The molecule has 1 aliphatic rings. The van der Waals surface area contributed by atoms with Gasteiger partial charge in [0.1, 0.15) is 11.3 Å². The van der Waals surface area contributed by atoms with Gasteiger partial charge in [-0.05, 0) is 55.0 Å². The molecule has 1 saturated heterocycles. The Hall–Kier alpha value is -3.61. The van der Waals surface area contributed by atoms with Gasteiger partial charge in [0.15, 0.2) is 0 Å². The molecule has 1 heterocycles. The molecule has 2 amide bonds. The van der Waals surface area contributed by atoms with Crippen LogP contribution in [0, 0.1) is 0 Å². The summed E-state index contributed by atoms with van der Waals surface area (Å²) in [4.78, 5) is 36.6. The number of esters is 1. The second kappa shape index (κ2) is 7.74. The van der Waals surface area contributed by atoms with Crippen molar-refractivity contribution in [3.8, 4) is 5.75 Å². The third-order valence-corrected chi connectivity index (χ3v) is 3.93. The normalized spacial score (nSPS) is 15.0. The molecule has 2 aromatic rings. The van der Waals surface area contributed by atoms with Crippen LogP contribution in [-0.2, 0) is 14.3 Å². The van der Waals surface area contributed by atoms with Crippen molar-refractivity contribution in [2.45, 2.75) is 6.92 Å². The van der Waals surface area contributed by atoms with E-state index in [1.165, 1.54) is 18.2 Å². The molecule has 0 unspecified atom stereocenters. The quantitative estimate of drug-likeness (QED) is 0.499. The first kappa shape index (κ1) is 18.2. The van der Waals surface area contributed by atoms with Crippen molar-refractivity contribution >= 4 is 29.5 Å². The van der Waals surface area contributed by atoms with E-state index >= 15 is 0 Å². The third kappa shape index (κ3) is 3.82. The Morgan fingerprint density at radius 2 is 1.89 bits per heavy atom. The van der Waals surface area contributed by atoms with E-state index in [1.54, 1.807) is 50.4 Å². The molecule has 0 spiro atoms. The first-order chi connectivity index (χ1) is 13.0. The molecule has 0 atom stereocenters. The molecular weight excluding hydrogens is 348 g/mol. The highest BCUT2D eigenvalue weighted by molar-refractivity contribution is 6.31. The smallest absolute Gasteiger partial charge is 0.338 e. The Labute approximate surface area is 156 Å². The number of rotatable bonds is 5. The van der Waals surface area contributed by atoms with Gasteiger partial charge in [-0.1, -0.05) is 12.1 Å². The number of amides is 2. The van der Waals surface area contributed by atoms with E-state index in [-0.39, 0.29) is 12.2 Å². The summed E-state index contributed by atoms with van der Waals surface area (Å²) in [6.45, 7) is 2.00. The number of nitrogens with zero attached hydrogens (tertiary/aromatic N) is 1. The van der Waals surface area contributed by atoms with Crippen LogP contribution in [0.25, 0.3) is 6.08 Å². The summed E-state index contributed by atoms with van der Waals surface area (Å²) >= 11 is 0. The van der Waals surface area contributed by atoms with Gasteiger partial charge in [0.2, 0.25) is 0 Å². The highest BCUT2D eigenvalue weighted by Crippen LogP contribution is 2.23. The van der Waals surface area contributed by atoms with Gasteiger partial charge in [-0.3, -0.25) is 15.0 Å². The highest BCUT2D eigenvalue weighted by Gasteiger charge is 2.34. The zero-order chi connectivity index (χ0) is 19.4. The maximum Gasteiger partial charge on any atom is 0.338 e. The summed E-state index contributed by atoms with van der Waals surface area (Å²) in [5, 5.41) is 1.14. The number of ether oxygens (including phenoxy) is 2. The molecule has 0 saturated carbocycles. The van der Waals surface area contributed by atoms with Crippen molar-refractivity contribution in [2.75, 3.05) is 18.7 Å². The van der Waals surface area contributed by atoms with Crippen LogP contribution in [0.2, 0.25) is 0 Å². The van der Waals surface area contributed by atoms with Crippen LogP contribution >= 0.6 is 0 Å². The predicted molar refractivity (Wildman–Crippen MR) is 99.0 cm³/mol. The van der Waals surface area contributed by atoms with Crippen molar-refractivity contribution in [1.29, 1.82) is 0 Å². The fraction of sp³-hybridized carbons (Fsp3) is 0.150. The van der Waals surface area contributed by atoms with Gasteiger partial charge in [0.05, 0.1) is 25.0 Å². The number of carbonyl (C=O) groups is 3. The maximum absolute atomic E-state index is 12.6. The molecule has 1 aliphatic heterocycles. The Morgan fingerprint density at radius 3 is 2.56 bits per heavy atom. The van der Waals surface area contributed by atoms with Crippen LogP contribution in [0.3, 0.4) is 0 Å². The number of carbonyl (C=O) groups excluding carboxylic acids is 3. The highest BCUT2D eigenvalue weighted by atomic mass is 16.5. The molecule has 138 valence electrons. The van der Waals surface area contributed by atoms with Crippen LogP contribution in [0.15, 0.2) is 54.1 Å². The second-order valence-electron chi connectivity index (χ2n) is 5.68. The lowest BCUT2D eigenvalue weighted by Gasteiger charge is -2.14. The number of methoxy groups -OCH3 is 1. The number of anilines is 1. The van der Waals surface area contributed by atoms with E-state index < -0.39 is 17.8 Å². The van der Waals surface area contributed by atoms with Crippen molar-refractivity contribution in [3.63, 3.8) is 0 Å². The Kier molecular flexibility index (Phi) is 5.21. The van der Waals surface area contributed by atoms with Gasteiger partial charge in [-0.2, -0.15) is 0 Å². The van der Waals surface area contributed by atoms with Crippen molar-refractivity contribution in [3.05, 3.63) is 65.2 Å². The summed E-state index contributed by atoms with van der Waals surface area (Å²) in [5.41, 5.74) is 4.01. The van der Waals surface area contributed by atoms with Gasteiger partial charge >= 0.3 is 5.97 Å². The summed E-state index contributed by atoms with van der Waals surface area (Å²) in [6.07, 6.45) is 1.51. The largest absolute Gasteiger partial charge is 0.497 e. The summed E-state index contributed by atoms with van der Waals surface area (Å²) < 4.78 is 10.1. The van der Waals surface area contributed by atoms with Crippen molar-refractivity contribution in [2.24, 2.45) is 0 Å². The Bertz CT molecular complexity index is 918. The minimum atomic E-state index is -0.503. The lowest BCUT2D eigenvalue weighted by Crippen LogP contribution is -2.35. The molecule has 1 N–H and O–H groups in total. The van der Waals surface area contributed by atoms with Gasteiger partial charge in [0.25, 0.3) is 11.8 Å². The van der Waals surface area contributed by atoms with Crippen LogP contribution in [0.1, 0.15) is 22.8 Å². The summed E-state index contributed by atoms with van der Waals surface area (Å²) in [6, 6.07) is 13.3. The van der Waals surface area contributed by atoms with E-state index in [9.17, 15) is 14.4 Å². The fourth-order valence-electron chi connectivity index (χ4n) is 2.60. The third-order valence-electron chi connectivity index (χ3n) is 3.93. The molecular formula is C20H18N2O5. The van der Waals surface area contributed by atoms with Gasteiger partial charge in [-0.15, -0.1) is 0 Å². The molecule has 0 aromatic heterocycles. The minimum Gasteiger partial charge on any atom is -0.497 e. The number of hydrogen-bond acceptors (Lipinski definition) is 5. The standard InChI is InChI=1S/C20H18N2O5/c1-3-27-20(25)14-7-9-15(10-8-14)22-19(24)17(18(23)21-22)12-13-5-4-6-16(11-13)26-2/h4-12H,3H2,1-2H3,(H,21,23)/b17-12-. The fourth-order valence-corrected chi connectivity index (χ4v) is 2.60. The maximum atomic E-state index is 12.6. The van der Waals surface area contributed by atoms with Crippen LogP contribution in [0.4, 0.5) is 5.69 Å². The second-order valence-corrected chi connectivity index (χ2v) is 5.68. The molecule has 0 bridgehead atoms. The van der Waals surface area contributed by atoms with E-state index in [4.69, 9.17) is 9.47 Å². The van der Waals surface area contributed by atoms with Gasteiger partial charge in [0, 0.05) is 0 Å². The van der Waals surface area contributed by atoms with Gasteiger partial charge in [-0.25, -0.2) is 9.80 Å². The SMILES string of the molecule is CCOC(=O)c1ccc(N2NC(=O)/C(=C/c3cccc(OC)c3)C2=O)cc1. The Morgan fingerprint density at radius 1 is 1.15 bits per heavy atom. The van der Waals surface area contributed by atoms with Crippen LogP contribution in [-0.4, -0.2) is 31.5 Å². The summed E-state index contributed by atoms with van der Waals surface area (Å²) in [5.74, 6) is -0.801. The first-order valence-electron chi connectivity index (χ1n) is 8.32. The van der Waals surface area contributed by atoms with E-state index in [1.807, 2.05) is 0 Å². The number of hydrogen-bond donors (Lipinski definition) is 1. The number of hydrazine groups is 1. The van der Waals surface area contributed by atoms with Crippen LogP contribution < -0.4 is 15.2 Å². The monoisotopic (exact) mass is 366 g/mol. The topological polar surface area (TPSA) is 84.9 Å². The molecule has 27 heavy (non-hydrogen) atoms. The van der Waals surface area contributed by atoms with E-state index in [0.29, 0.717) is 22.6 Å². The zero-order valence-corrected chi connectivity index (χ0v) is 14.9. The number of nitrogens with one attached hydrogen (secondary N) is 1. The van der Waals surface area contributed by atoms with E-state index in [2.05, 4.69) is 5.43 Å². The lowest BCUT2D eigenvalue weighted by atomic mass is 10.1. The van der Waals surface area contributed by atoms with E-state index in [0.717, 1.165) is 5.01 Å². The molecule has 0 aliphatic carbocycles. The zero-order valence-electron chi connectivity index (χ0n) is 14.9. The Balaban J connectivity index is 1.83. The number of benzene rings is 2. The summed E-state index contributed by atoms with van der Waals surface area (Å²) in [7, 11) is 1.54. The van der Waals surface area contributed by atoms with Crippen LogP contribution in [0.5, 0.6) is 5.75 Å². The van der Waals surface area contributed by atoms with Gasteiger partial charge < -0.3 is 9.47 Å². The molecule has 1 fully saturated rings.